The maximum absolute atomic E-state index is 8.95. The van der Waals surface area contributed by atoms with Crippen molar-refractivity contribution in [2.24, 2.45) is 4.99 Å². The fraction of sp³-hybridized carbons (Fsp3) is 0.200. The normalized spacial score (nSPS) is 10.3. The van der Waals surface area contributed by atoms with Gasteiger partial charge in [-0.25, -0.2) is 4.99 Å². The second kappa shape index (κ2) is 4.99. The van der Waals surface area contributed by atoms with Gasteiger partial charge in [-0.1, -0.05) is 21.4 Å². The molecular weight excluding hydrogens is 253 g/mol. The molecule has 0 aromatic heterocycles. The minimum absolute atomic E-state index is 0.391. The van der Waals surface area contributed by atoms with Crippen LogP contribution in [-0.2, 0) is 0 Å². The molecule has 1 rings (SSSR count). The highest BCUT2D eigenvalue weighted by Gasteiger charge is 2.06. The topological polar surface area (TPSA) is 39.4 Å². The van der Waals surface area contributed by atoms with Crippen LogP contribution in [0, 0.1) is 11.3 Å². The van der Waals surface area contributed by atoms with Crippen molar-refractivity contribution in [3.05, 3.63) is 22.2 Å². The average Bonchev–Trinajstić information content (AvgIpc) is 2.19. The van der Waals surface area contributed by atoms with Crippen LogP contribution in [0.1, 0.15) is 5.56 Å². The molecular formula is C10H9BBrN3. The third-order valence-corrected chi connectivity index (χ3v) is 2.40. The van der Waals surface area contributed by atoms with Crippen LogP contribution in [0.4, 0.5) is 5.69 Å². The van der Waals surface area contributed by atoms with Gasteiger partial charge in [-0.3, -0.25) is 0 Å². The molecule has 2 radical (unpaired) electrons. The van der Waals surface area contributed by atoms with E-state index in [1.54, 1.807) is 23.4 Å². The summed E-state index contributed by atoms with van der Waals surface area (Å²) < 4.78 is 0.711. The Balaban J connectivity index is 3.21. The summed E-state index contributed by atoms with van der Waals surface area (Å²) >= 11 is 3.26. The predicted molar refractivity (Wildman–Crippen MR) is 66.1 cm³/mol. The van der Waals surface area contributed by atoms with Crippen LogP contribution in [0.3, 0.4) is 0 Å². The molecule has 0 aliphatic heterocycles. The highest BCUT2D eigenvalue weighted by atomic mass is 79.9. The molecule has 1 aromatic rings. The first-order chi connectivity index (χ1) is 7.06. The van der Waals surface area contributed by atoms with Crippen LogP contribution in [0.5, 0.6) is 0 Å². The molecule has 0 bridgehead atoms. The number of nitrogens with zero attached hydrogens (tertiary/aromatic N) is 3. The van der Waals surface area contributed by atoms with Crippen LogP contribution < -0.4 is 5.46 Å². The van der Waals surface area contributed by atoms with Gasteiger partial charge in [-0.2, -0.15) is 5.26 Å². The minimum Gasteiger partial charge on any atom is -0.369 e. The molecule has 0 heterocycles. The molecule has 0 spiro atoms. The monoisotopic (exact) mass is 261 g/mol. The number of benzene rings is 1. The van der Waals surface area contributed by atoms with E-state index in [9.17, 15) is 0 Å². The molecule has 0 aliphatic rings. The Morgan fingerprint density at radius 1 is 1.53 bits per heavy atom. The number of hydrogen-bond donors (Lipinski definition) is 0. The van der Waals surface area contributed by atoms with Crippen molar-refractivity contribution in [3.8, 4) is 6.07 Å². The van der Waals surface area contributed by atoms with E-state index in [4.69, 9.17) is 13.1 Å². The Morgan fingerprint density at radius 3 is 2.73 bits per heavy atom. The largest absolute Gasteiger partial charge is 0.369 e. The van der Waals surface area contributed by atoms with Gasteiger partial charge in [0.05, 0.1) is 17.6 Å². The zero-order valence-corrected chi connectivity index (χ0v) is 10.1. The standard InChI is InChI=1S/C10H9BBrN3/c1-15(2)6-14-9-4-3-8(12)10(11)7(9)5-13/h3-4,6H,1-2H3. The predicted octanol–water partition coefficient (Wildman–Crippen LogP) is 1.34. The van der Waals surface area contributed by atoms with Gasteiger partial charge in [0, 0.05) is 18.6 Å². The number of rotatable bonds is 2. The molecule has 0 aliphatic carbocycles. The van der Waals surface area contributed by atoms with E-state index in [2.05, 4.69) is 20.9 Å². The van der Waals surface area contributed by atoms with Crippen LogP contribution in [0.2, 0.25) is 0 Å². The van der Waals surface area contributed by atoms with Crippen molar-refractivity contribution in [1.29, 1.82) is 5.26 Å². The Morgan fingerprint density at radius 2 is 2.20 bits per heavy atom. The van der Waals surface area contributed by atoms with E-state index in [0.717, 1.165) is 0 Å². The van der Waals surface area contributed by atoms with Gasteiger partial charge in [0.1, 0.15) is 13.9 Å². The van der Waals surface area contributed by atoms with E-state index in [0.29, 0.717) is 21.2 Å². The number of hydrogen-bond acceptors (Lipinski definition) is 2. The highest BCUT2D eigenvalue weighted by Crippen LogP contribution is 2.19. The Hall–Kier alpha value is -1.28. The zero-order valence-electron chi connectivity index (χ0n) is 8.53. The van der Waals surface area contributed by atoms with Crippen molar-refractivity contribution in [2.75, 3.05) is 14.1 Å². The van der Waals surface area contributed by atoms with E-state index in [-0.39, 0.29) is 0 Å². The smallest absolute Gasteiger partial charge is 0.117 e. The molecule has 0 unspecified atom stereocenters. The summed E-state index contributed by atoms with van der Waals surface area (Å²) in [6, 6.07) is 5.57. The summed E-state index contributed by atoms with van der Waals surface area (Å²) in [5.74, 6) is 0. The first kappa shape index (κ1) is 11.8. The fourth-order valence-corrected chi connectivity index (χ4v) is 1.32. The van der Waals surface area contributed by atoms with Gasteiger partial charge in [0.25, 0.3) is 0 Å². The molecule has 15 heavy (non-hydrogen) atoms. The maximum Gasteiger partial charge on any atom is 0.117 e. The average molecular weight is 262 g/mol. The SMILES string of the molecule is [B]c1c(Br)ccc(N=CN(C)C)c1C#N. The van der Waals surface area contributed by atoms with Crippen molar-refractivity contribution in [3.63, 3.8) is 0 Å². The Bertz CT molecular complexity index is 435. The molecule has 0 saturated carbocycles. The second-order valence-corrected chi connectivity index (χ2v) is 4.03. The lowest BCUT2D eigenvalue weighted by molar-refractivity contribution is 0.643. The number of halogens is 1. The van der Waals surface area contributed by atoms with Gasteiger partial charge < -0.3 is 4.90 Å². The van der Waals surface area contributed by atoms with Crippen LogP contribution >= 0.6 is 15.9 Å². The summed E-state index contributed by atoms with van der Waals surface area (Å²) in [7, 11) is 9.46. The van der Waals surface area contributed by atoms with Gasteiger partial charge in [0.15, 0.2) is 0 Å². The Kier molecular flexibility index (Phi) is 3.92. The van der Waals surface area contributed by atoms with E-state index >= 15 is 0 Å². The Labute approximate surface area is 99.0 Å². The van der Waals surface area contributed by atoms with Gasteiger partial charge >= 0.3 is 0 Å². The molecule has 0 amide bonds. The summed E-state index contributed by atoms with van der Waals surface area (Å²) in [6.07, 6.45) is 1.63. The van der Waals surface area contributed by atoms with Gasteiger partial charge in [-0.15, -0.1) is 0 Å². The fourth-order valence-electron chi connectivity index (χ4n) is 0.985. The maximum atomic E-state index is 8.95. The second-order valence-electron chi connectivity index (χ2n) is 3.18. The third kappa shape index (κ3) is 2.83. The summed E-state index contributed by atoms with van der Waals surface area (Å²) in [5, 5.41) is 8.95. The van der Waals surface area contributed by atoms with Crippen LogP contribution in [0.15, 0.2) is 21.6 Å². The number of aliphatic imine (C=N–C) groups is 1. The van der Waals surface area contributed by atoms with E-state index in [1.165, 1.54) is 0 Å². The van der Waals surface area contributed by atoms with E-state index in [1.807, 2.05) is 20.2 Å². The summed E-state index contributed by atoms with van der Waals surface area (Å²) in [5.41, 5.74) is 1.39. The lowest BCUT2D eigenvalue weighted by Crippen LogP contribution is -2.11. The molecule has 74 valence electrons. The third-order valence-electron chi connectivity index (χ3n) is 1.71. The quantitative estimate of drug-likeness (QED) is 0.458. The molecule has 0 N–H and O–H groups in total. The van der Waals surface area contributed by atoms with Crippen molar-refractivity contribution in [2.45, 2.75) is 0 Å². The number of nitriles is 1. The molecule has 0 saturated heterocycles. The molecule has 1 aromatic carbocycles. The summed E-state index contributed by atoms with van der Waals surface area (Å²) in [6.45, 7) is 0. The molecule has 0 fully saturated rings. The van der Waals surface area contributed by atoms with Crippen molar-refractivity contribution in [1.82, 2.24) is 4.90 Å². The van der Waals surface area contributed by atoms with Crippen molar-refractivity contribution >= 4 is 41.3 Å². The first-order valence-electron chi connectivity index (χ1n) is 4.25. The minimum atomic E-state index is 0.391. The lowest BCUT2D eigenvalue weighted by Gasteiger charge is -2.06. The van der Waals surface area contributed by atoms with Crippen molar-refractivity contribution < 1.29 is 0 Å². The molecule has 0 atom stereocenters. The molecule has 3 nitrogen and oxygen atoms in total. The zero-order chi connectivity index (χ0) is 11.4. The lowest BCUT2D eigenvalue weighted by atomic mass is 9.90. The van der Waals surface area contributed by atoms with E-state index < -0.39 is 0 Å². The highest BCUT2D eigenvalue weighted by molar-refractivity contribution is 9.10. The van der Waals surface area contributed by atoms with Crippen LogP contribution in [-0.4, -0.2) is 33.2 Å². The van der Waals surface area contributed by atoms with Crippen LogP contribution in [0.25, 0.3) is 0 Å². The molecule has 5 heteroatoms. The van der Waals surface area contributed by atoms with Gasteiger partial charge in [0.2, 0.25) is 0 Å². The summed E-state index contributed by atoms with van der Waals surface area (Å²) in [4.78, 5) is 5.95. The van der Waals surface area contributed by atoms with Gasteiger partial charge in [-0.05, 0) is 12.1 Å². The first-order valence-corrected chi connectivity index (χ1v) is 5.04.